The second-order valence-corrected chi connectivity index (χ2v) is 5.61. The molecule has 0 bridgehead atoms. The van der Waals surface area contributed by atoms with E-state index < -0.39 is 5.38 Å². The van der Waals surface area contributed by atoms with E-state index in [0.717, 1.165) is 16.9 Å². The molecule has 2 rings (SSSR count). The third kappa shape index (κ3) is 3.10. The Balaban J connectivity index is 2.38. The molecule has 1 atom stereocenters. The Hall–Kier alpha value is -1.06. The maximum absolute atomic E-state index is 13.9. The van der Waals surface area contributed by atoms with Crippen molar-refractivity contribution in [2.75, 3.05) is 7.11 Å². The Labute approximate surface area is 125 Å². The summed E-state index contributed by atoms with van der Waals surface area (Å²) in [5.41, 5.74) is 2.29. The number of alkyl halides is 1. The number of aryl methyl sites for hydroxylation is 1. The van der Waals surface area contributed by atoms with Gasteiger partial charge in [0.2, 0.25) is 0 Å². The Morgan fingerprint density at radius 1 is 1.21 bits per heavy atom. The van der Waals surface area contributed by atoms with Crippen LogP contribution in [0.25, 0.3) is 0 Å². The highest BCUT2D eigenvalue weighted by atomic mass is 79.9. The smallest absolute Gasteiger partial charge is 0.129 e. The van der Waals surface area contributed by atoms with Gasteiger partial charge in [0.15, 0.2) is 0 Å². The van der Waals surface area contributed by atoms with Crippen LogP contribution in [0.3, 0.4) is 0 Å². The Morgan fingerprint density at radius 2 is 1.95 bits per heavy atom. The van der Waals surface area contributed by atoms with Crippen molar-refractivity contribution in [2.24, 2.45) is 0 Å². The van der Waals surface area contributed by atoms with Crippen LogP contribution in [-0.2, 0) is 0 Å². The van der Waals surface area contributed by atoms with Crippen LogP contribution >= 0.6 is 27.5 Å². The van der Waals surface area contributed by atoms with Gasteiger partial charge in [-0.15, -0.1) is 11.6 Å². The molecule has 0 aromatic heterocycles. The van der Waals surface area contributed by atoms with Gasteiger partial charge in [0, 0.05) is 10.0 Å². The highest BCUT2D eigenvalue weighted by Crippen LogP contribution is 2.33. The second-order valence-electron chi connectivity index (χ2n) is 4.26. The van der Waals surface area contributed by atoms with Gasteiger partial charge in [0.05, 0.1) is 12.5 Å². The summed E-state index contributed by atoms with van der Waals surface area (Å²) >= 11 is 9.59. The maximum Gasteiger partial charge on any atom is 0.129 e. The maximum atomic E-state index is 13.9. The third-order valence-corrected chi connectivity index (χ3v) is 3.93. The number of ether oxygens (including phenoxy) is 1. The first-order valence-electron chi connectivity index (χ1n) is 5.76. The lowest BCUT2D eigenvalue weighted by Crippen LogP contribution is -1.98. The van der Waals surface area contributed by atoms with Crippen molar-refractivity contribution in [1.29, 1.82) is 0 Å². The lowest BCUT2D eigenvalue weighted by molar-refractivity contribution is 0.411. The fourth-order valence-electron chi connectivity index (χ4n) is 1.95. The summed E-state index contributed by atoms with van der Waals surface area (Å²) in [7, 11) is 1.62. The lowest BCUT2D eigenvalue weighted by Gasteiger charge is -2.14. The minimum Gasteiger partial charge on any atom is -0.496 e. The van der Waals surface area contributed by atoms with Crippen LogP contribution in [0, 0.1) is 12.7 Å². The summed E-state index contributed by atoms with van der Waals surface area (Å²) in [5.74, 6) is 0.478. The van der Waals surface area contributed by atoms with Crippen molar-refractivity contribution < 1.29 is 9.13 Å². The molecular weight excluding hydrogens is 331 g/mol. The van der Waals surface area contributed by atoms with E-state index in [4.69, 9.17) is 16.3 Å². The van der Waals surface area contributed by atoms with Gasteiger partial charge in [0.25, 0.3) is 0 Å². The third-order valence-electron chi connectivity index (χ3n) is 2.95. The van der Waals surface area contributed by atoms with Gasteiger partial charge in [-0.05, 0) is 36.2 Å². The second kappa shape index (κ2) is 5.93. The molecule has 0 aliphatic heterocycles. The van der Waals surface area contributed by atoms with Crippen LogP contribution in [0.2, 0.25) is 0 Å². The standard InChI is InChI=1S/C15H13BrClFO/c1-9-7-10(3-6-14(9)19-2)15(17)12-5-4-11(16)8-13(12)18/h3-8,15H,1-2H3. The van der Waals surface area contributed by atoms with Crippen LogP contribution in [0.15, 0.2) is 40.9 Å². The average Bonchev–Trinajstić information content (AvgIpc) is 2.38. The van der Waals surface area contributed by atoms with Gasteiger partial charge >= 0.3 is 0 Å². The van der Waals surface area contributed by atoms with E-state index in [1.165, 1.54) is 6.07 Å². The van der Waals surface area contributed by atoms with Gasteiger partial charge in [-0.3, -0.25) is 0 Å². The van der Waals surface area contributed by atoms with Gasteiger partial charge < -0.3 is 4.74 Å². The van der Waals surface area contributed by atoms with Crippen molar-refractivity contribution in [3.8, 4) is 5.75 Å². The molecule has 0 heterocycles. The molecule has 2 aromatic carbocycles. The molecule has 1 nitrogen and oxygen atoms in total. The first-order chi connectivity index (χ1) is 9.02. The van der Waals surface area contributed by atoms with E-state index in [9.17, 15) is 4.39 Å². The average molecular weight is 344 g/mol. The molecule has 100 valence electrons. The summed E-state index contributed by atoms with van der Waals surface area (Å²) in [4.78, 5) is 0. The molecule has 0 aliphatic carbocycles. The minimum absolute atomic E-state index is 0.317. The highest BCUT2D eigenvalue weighted by molar-refractivity contribution is 9.10. The number of hydrogen-bond acceptors (Lipinski definition) is 1. The first kappa shape index (κ1) is 14.4. The lowest BCUT2D eigenvalue weighted by atomic mass is 10.0. The minimum atomic E-state index is -0.516. The van der Waals surface area contributed by atoms with E-state index >= 15 is 0 Å². The van der Waals surface area contributed by atoms with E-state index in [0.29, 0.717) is 10.0 Å². The van der Waals surface area contributed by atoms with Crippen molar-refractivity contribution in [3.05, 3.63) is 63.4 Å². The number of hydrogen-bond donors (Lipinski definition) is 0. The van der Waals surface area contributed by atoms with E-state index in [1.54, 1.807) is 19.2 Å². The Kier molecular flexibility index (Phi) is 4.48. The van der Waals surface area contributed by atoms with Crippen molar-refractivity contribution >= 4 is 27.5 Å². The normalized spacial score (nSPS) is 12.3. The molecule has 0 radical (unpaired) electrons. The fourth-order valence-corrected chi connectivity index (χ4v) is 2.59. The number of halogens is 3. The fraction of sp³-hybridized carbons (Fsp3) is 0.200. The summed E-state index contributed by atoms with van der Waals surface area (Å²) in [6, 6.07) is 10.5. The van der Waals surface area contributed by atoms with Gasteiger partial charge in [-0.2, -0.15) is 0 Å². The molecule has 4 heteroatoms. The van der Waals surface area contributed by atoms with Crippen molar-refractivity contribution in [2.45, 2.75) is 12.3 Å². The summed E-state index contributed by atoms with van der Waals surface area (Å²) < 4.78 is 19.8. The number of benzene rings is 2. The molecule has 0 saturated carbocycles. The molecule has 0 aliphatic rings. The van der Waals surface area contributed by atoms with Crippen LogP contribution in [0.1, 0.15) is 22.1 Å². The molecular formula is C15H13BrClFO. The predicted molar refractivity (Wildman–Crippen MR) is 79.5 cm³/mol. The zero-order chi connectivity index (χ0) is 14.0. The summed E-state index contributed by atoms with van der Waals surface area (Å²) in [5, 5.41) is -0.516. The topological polar surface area (TPSA) is 9.23 Å². The molecule has 0 spiro atoms. The largest absolute Gasteiger partial charge is 0.496 e. The predicted octanol–water partition coefficient (Wildman–Crippen LogP) is 5.23. The van der Waals surface area contributed by atoms with Crippen LogP contribution in [-0.4, -0.2) is 7.11 Å². The van der Waals surface area contributed by atoms with Crippen molar-refractivity contribution in [3.63, 3.8) is 0 Å². The summed E-state index contributed by atoms with van der Waals surface area (Å²) in [6.45, 7) is 1.93. The summed E-state index contributed by atoms with van der Waals surface area (Å²) in [6.07, 6.45) is 0. The van der Waals surface area contributed by atoms with Gasteiger partial charge in [0.1, 0.15) is 11.6 Å². The number of rotatable bonds is 3. The molecule has 0 saturated heterocycles. The quantitative estimate of drug-likeness (QED) is 0.693. The first-order valence-corrected chi connectivity index (χ1v) is 6.99. The highest BCUT2D eigenvalue weighted by Gasteiger charge is 2.16. The molecule has 1 unspecified atom stereocenters. The van der Waals surface area contributed by atoms with Crippen molar-refractivity contribution in [1.82, 2.24) is 0 Å². The molecule has 0 amide bonds. The van der Waals surface area contributed by atoms with E-state index in [-0.39, 0.29) is 5.82 Å². The van der Waals surface area contributed by atoms with Gasteiger partial charge in [-0.1, -0.05) is 34.1 Å². The molecule has 0 fully saturated rings. The van der Waals surface area contributed by atoms with Crippen LogP contribution < -0.4 is 4.74 Å². The zero-order valence-corrected chi connectivity index (χ0v) is 12.9. The number of methoxy groups -OCH3 is 1. The molecule has 0 N–H and O–H groups in total. The van der Waals surface area contributed by atoms with E-state index in [2.05, 4.69) is 15.9 Å². The van der Waals surface area contributed by atoms with Crippen LogP contribution in [0.4, 0.5) is 4.39 Å². The van der Waals surface area contributed by atoms with E-state index in [1.807, 2.05) is 25.1 Å². The Morgan fingerprint density at radius 3 is 2.53 bits per heavy atom. The van der Waals surface area contributed by atoms with Gasteiger partial charge in [-0.25, -0.2) is 4.39 Å². The SMILES string of the molecule is COc1ccc(C(Cl)c2ccc(Br)cc2F)cc1C. The monoisotopic (exact) mass is 342 g/mol. The molecule has 19 heavy (non-hydrogen) atoms. The van der Waals surface area contributed by atoms with Crippen LogP contribution in [0.5, 0.6) is 5.75 Å². The Bertz CT molecular complexity index is 601. The molecule has 2 aromatic rings. The zero-order valence-electron chi connectivity index (χ0n) is 10.6.